The van der Waals surface area contributed by atoms with Crippen molar-refractivity contribution in [1.29, 1.82) is 0 Å². The van der Waals surface area contributed by atoms with Gasteiger partial charge in [0.2, 0.25) is 6.39 Å². The molecule has 0 unspecified atom stereocenters. The topological polar surface area (TPSA) is 68.0 Å². The summed E-state index contributed by atoms with van der Waals surface area (Å²) in [5.41, 5.74) is 1.66. The van der Waals surface area contributed by atoms with Gasteiger partial charge in [-0.1, -0.05) is 17.3 Å². The second-order valence-electron chi connectivity index (χ2n) is 3.79. The van der Waals surface area contributed by atoms with Crippen molar-refractivity contribution in [2.45, 2.75) is 13.3 Å². The van der Waals surface area contributed by atoms with Crippen molar-refractivity contribution in [2.24, 2.45) is 0 Å². The molecule has 2 aromatic rings. The molecule has 1 aromatic heterocycles. The Morgan fingerprint density at radius 1 is 1.50 bits per heavy atom. The van der Waals surface area contributed by atoms with Crippen LogP contribution in [0, 0.1) is 6.92 Å². The van der Waals surface area contributed by atoms with Crippen LogP contribution in [0.25, 0.3) is 0 Å². The van der Waals surface area contributed by atoms with Crippen LogP contribution < -0.4 is 5.32 Å². The Bertz CT molecular complexity index is 540. The number of carbonyl (C=O) groups is 1. The van der Waals surface area contributed by atoms with Gasteiger partial charge in [0.1, 0.15) is 0 Å². The monoisotopic (exact) mass is 309 g/mol. The van der Waals surface area contributed by atoms with Crippen molar-refractivity contribution < 1.29 is 9.32 Å². The maximum absolute atomic E-state index is 11.9. The van der Waals surface area contributed by atoms with Gasteiger partial charge < -0.3 is 9.84 Å². The standard InChI is InChI=1S/C12H12BrN3O2/c1-8-3-2-4-9(11(8)13)12(17)14-6-5-10-15-7-18-16-10/h2-4,7H,5-6H2,1H3,(H,14,17). The molecule has 18 heavy (non-hydrogen) atoms. The normalized spacial score (nSPS) is 10.3. The van der Waals surface area contributed by atoms with E-state index in [-0.39, 0.29) is 5.91 Å². The predicted octanol–water partition coefficient (Wildman–Crippen LogP) is 2.11. The molecule has 0 fully saturated rings. The maximum Gasteiger partial charge on any atom is 0.252 e. The smallest absolute Gasteiger partial charge is 0.252 e. The zero-order valence-electron chi connectivity index (χ0n) is 9.81. The Morgan fingerprint density at radius 2 is 2.33 bits per heavy atom. The molecule has 5 nitrogen and oxygen atoms in total. The van der Waals surface area contributed by atoms with Crippen molar-refractivity contribution >= 4 is 21.8 Å². The van der Waals surface area contributed by atoms with Crippen molar-refractivity contribution in [3.8, 4) is 0 Å². The van der Waals surface area contributed by atoms with Crippen LogP contribution in [-0.4, -0.2) is 22.6 Å². The minimum Gasteiger partial charge on any atom is -0.352 e. The molecule has 0 radical (unpaired) electrons. The summed E-state index contributed by atoms with van der Waals surface area (Å²) in [7, 11) is 0. The van der Waals surface area contributed by atoms with Crippen LogP contribution in [0.5, 0.6) is 0 Å². The molecule has 0 aliphatic carbocycles. The molecular formula is C12H12BrN3O2. The molecule has 1 heterocycles. The number of halogens is 1. The third kappa shape index (κ3) is 2.95. The van der Waals surface area contributed by atoms with E-state index in [0.29, 0.717) is 24.4 Å². The molecule has 0 bridgehead atoms. The largest absolute Gasteiger partial charge is 0.352 e. The molecule has 0 spiro atoms. The van der Waals surface area contributed by atoms with Crippen molar-refractivity contribution in [1.82, 2.24) is 15.5 Å². The summed E-state index contributed by atoms with van der Waals surface area (Å²) in [6.07, 6.45) is 1.82. The van der Waals surface area contributed by atoms with Gasteiger partial charge in [-0.3, -0.25) is 4.79 Å². The second kappa shape index (κ2) is 5.77. The minimum absolute atomic E-state index is 0.117. The van der Waals surface area contributed by atoms with E-state index >= 15 is 0 Å². The number of aromatic nitrogens is 2. The van der Waals surface area contributed by atoms with Gasteiger partial charge in [-0.25, -0.2) is 0 Å². The van der Waals surface area contributed by atoms with Gasteiger partial charge in [-0.05, 0) is 34.5 Å². The Morgan fingerprint density at radius 3 is 3.06 bits per heavy atom. The Kier molecular flexibility index (Phi) is 4.09. The van der Waals surface area contributed by atoms with Crippen LogP contribution in [0.1, 0.15) is 21.7 Å². The molecule has 0 atom stereocenters. The van der Waals surface area contributed by atoms with Crippen molar-refractivity contribution in [3.05, 3.63) is 46.0 Å². The lowest BCUT2D eigenvalue weighted by molar-refractivity contribution is 0.0953. The number of aryl methyl sites for hydroxylation is 1. The predicted molar refractivity (Wildman–Crippen MR) is 69.2 cm³/mol. The highest BCUT2D eigenvalue weighted by molar-refractivity contribution is 9.10. The van der Waals surface area contributed by atoms with E-state index in [1.807, 2.05) is 19.1 Å². The zero-order chi connectivity index (χ0) is 13.0. The molecule has 0 saturated carbocycles. The van der Waals surface area contributed by atoms with Gasteiger partial charge >= 0.3 is 0 Å². The number of benzene rings is 1. The van der Waals surface area contributed by atoms with Gasteiger partial charge in [0, 0.05) is 17.4 Å². The van der Waals surface area contributed by atoms with Crippen LogP contribution in [0.3, 0.4) is 0 Å². The third-order valence-electron chi connectivity index (χ3n) is 2.48. The number of nitrogens with zero attached hydrogens (tertiary/aromatic N) is 2. The lowest BCUT2D eigenvalue weighted by Crippen LogP contribution is -2.26. The zero-order valence-corrected chi connectivity index (χ0v) is 11.4. The van der Waals surface area contributed by atoms with Gasteiger partial charge in [0.05, 0.1) is 5.56 Å². The van der Waals surface area contributed by atoms with Gasteiger partial charge in [-0.2, -0.15) is 4.98 Å². The molecule has 94 valence electrons. The maximum atomic E-state index is 11.9. The number of amides is 1. The van der Waals surface area contributed by atoms with Crippen LogP contribution in [0.15, 0.2) is 33.6 Å². The van der Waals surface area contributed by atoms with Crippen LogP contribution in [0.2, 0.25) is 0 Å². The van der Waals surface area contributed by atoms with E-state index in [0.717, 1.165) is 10.0 Å². The van der Waals surface area contributed by atoms with E-state index in [1.54, 1.807) is 6.07 Å². The molecule has 1 amide bonds. The third-order valence-corrected chi connectivity index (χ3v) is 3.53. The first-order valence-electron chi connectivity index (χ1n) is 5.47. The van der Waals surface area contributed by atoms with Gasteiger partial charge in [0.25, 0.3) is 5.91 Å². The average molecular weight is 310 g/mol. The minimum atomic E-state index is -0.117. The molecule has 0 aliphatic rings. The highest BCUT2D eigenvalue weighted by Gasteiger charge is 2.10. The van der Waals surface area contributed by atoms with E-state index in [4.69, 9.17) is 0 Å². The van der Waals surface area contributed by atoms with Crippen LogP contribution in [-0.2, 0) is 6.42 Å². The van der Waals surface area contributed by atoms with Crippen molar-refractivity contribution in [2.75, 3.05) is 6.54 Å². The van der Waals surface area contributed by atoms with Crippen LogP contribution in [0.4, 0.5) is 0 Å². The van der Waals surface area contributed by atoms with E-state index in [9.17, 15) is 4.79 Å². The lowest BCUT2D eigenvalue weighted by Gasteiger charge is -2.07. The fourth-order valence-corrected chi connectivity index (χ4v) is 1.95. The number of nitrogens with one attached hydrogen (secondary N) is 1. The molecule has 1 N–H and O–H groups in total. The summed E-state index contributed by atoms with van der Waals surface area (Å²) < 4.78 is 5.43. The summed E-state index contributed by atoms with van der Waals surface area (Å²) in [6, 6.07) is 5.58. The van der Waals surface area contributed by atoms with E-state index in [1.165, 1.54) is 6.39 Å². The molecular weight excluding hydrogens is 298 g/mol. The summed E-state index contributed by atoms with van der Waals surface area (Å²) in [6.45, 7) is 2.42. The fourth-order valence-electron chi connectivity index (χ4n) is 1.51. The van der Waals surface area contributed by atoms with Crippen molar-refractivity contribution in [3.63, 3.8) is 0 Å². The summed E-state index contributed by atoms with van der Waals surface area (Å²) in [5, 5.41) is 6.49. The number of carbonyl (C=O) groups excluding carboxylic acids is 1. The first kappa shape index (κ1) is 12.8. The molecule has 1 aromatic carbocycles. The fraction of sp³-hybridized carbons (Fsp3) is 0.250. The first-order chi connectivity index (χ1) is 8.68. The Balaban J connectivity index is 1.93. The number of hydrogen-bond donors (Lipinski definition) is 1. The molecule has 6 heteroatoms. The summed E-state index contributed by atoms with van der Waals surface area (Å²) in [4.78, 5) is 15.8. The highest BCUT2D eigenvalue weighted by atomic mass is 79.9. The summed E-state index contributed by atoms with van der Waals surface area (Å²) in [5.74, 6) is 0.465. The van der Waals surface area contributed by atoms with Gasteiger partial charge in [-0.15, -0.1) is 0 Å². The number of rotatable bonds is 4. The first-order valence-corrected chi connectivity index (χ1v) is 6.26. The van der Waals surface area contributed by atoms with E-state index in [2.05, 4.69) is 35.9 Å². The highest BCUT2D eigenvalue weighted by Crippen LogP contribution is 2.20. The lowest BCUT2D eigenvalue weighted by atomic mass is 10.1. The summed E-state index contributed by atoms with van der Waals surface area (Å²) >= 11 is 3.41. The number of hydrogen-bond acceptors (Lipinski definition) is 4. The Hall–Kier alpha value is -1.69. The molecule has 0 aliphatic heterocycles. The SMILES string of the molecule is Cc1cccc(C(=O)NCCc2ncon2)c1Br. The van der Waals surface area contributed by atoms with E-state index < -0.39 is 0 Å². The quantitative estimate of drug-likeness (QED) is 0.939. The molecule has 2 rings (SSSR count). The Labute approximate surface area is 113 Å². The molecule has 0 saturated heterocycles. The second-order valence-corrected chi connectivity index (χ2v) is 4.58. The average Bonchev–Trinajstić information content (AvgIpc) is 2.85. The van der Waals surface area contributed by atoms with Crippen LogP contribution >= 0.6 is 15.9 Å². The van der Waals surface area contributed by atoms with Gasteiger partial charge in [0.15, 0.2) is 5.82 Å².